The molecule has 0 unspecified atom stereocenters. The summed E-state index contributed by atoms with van der Waals surface area (Å²) in [6.45, 7) is 8.08. The van der Waals surface area contributed by atoms with Gasteiger partial charge in [-0.05, 0) is 43.5 Å². The van der Waals surface area contributed by atoms with Gasteiger partial charge in [0.25, 0.3) is 0 Å². The van der Waals surface area contributed by atoms with E-state index in [2.05, 4.69) is 45.5 Å². The molecule has 0 radical (unpaired) electrons. The molecular weight excluding hydrogens is 400 g/mol. The lowest BCUT2D eigenvalue weighted by Gasteiger charge is -2.28. The molecule has 7 nitrogen and oxygen atoms in total. The molecule has 166 valence electrons. The van der Waals surface area contributed by atoms with Crippen LogP contribution in [0.25, 0.3) is 0 Å². The Balaban J connectivity index is 1.43. The maximum absolute atomic E-state index is 13.9. The highest BCUT2D eigenvalue weighted by atomic mass is 16.2. The first-order valence-corrected chi connectivity index (χ1v) is 11.4. The van der Waals surface area contributed by atoms with Crippen LogP contribution in [-0.2, 0) is 17.9 Å². The molecule has 0 saturated carbocycles. The monoisotopic (exact) mass is 430 g/mol. The maximum Gasteiger partial charge on any atom is 0.231 e. The van der Waals surface area contributed by atoms with Crippen molar-refractivity contribution in [2.75, 3.05) is 19.6 Å². The molecule has 0 aliphatic carbocycles. The van der Waals surface area contributed by atoms with Crippen molar-refractivity contribution in [3.05, 3.63) is 78.4 Å². The lowest BCUT2D eigenvalue weighted by Crippen LogP contribution is -2.39. The Morgan fingerprint density at radius 3 is 2.44 bits per heavy atom. The van der Waals surface area contributed by atoms with Crippen LogP contribution in [0.1, 0.15) is 49.0 Å². The fraction of sp³-hybridized carbons (Fsp3) is 0.440. The third-order valence-corrected chi connectivity index (χ3v) is 6.95. The summed E-state index contributed by atoms with van der Waals surface area (Å²) in [5.41, 5.74) is 2.85. The minimum Gasteiger partial charge on any atom is -0.338 e. The van der Waals surface area contributed by atoms with Crippen LogP contribution in [0, 0.1) is 5.41 Å². The summed E-state index contributed by atoms with van der Waals surface area (Å²) in [5, 5.41) is 0. The number of aromatic nitrogens is 4. The van der Waals surface area contributed by atoms with Gasteiger partial charge in [-0.2, -0.15) is 0 Å². The minimum atomic E-state index is -0.430. The first-order valence-electron chi connectivity index (χ1n) is 11.4. The second kappa shape index (κ2) is 8.47. The minimum absolute atomic E-state index is 0.0885. The molecule has 3 aromatic rings. The fourth-order valence-corrected chi connectivity index (χ4v) is 5.26. The highest BCUT2D eigenvalue weighted by Crippen LogP contribution is 2.50. The predicted octanol–water partition coefficient (Wildman–Crippen LogP) is 3.27. The zero-order chi connectivity index (χ0) is 22.1. The van der Waals surface area contributed by atoms with E-state index in [0.717, 1.165) is 43.9 Å². The fourth-order valence-electron chi connectivity index (χ4n) is 5.26. The van der Waals surface area contributed by atoms with Gasteiger partial charge in [-0.1, -0.05) is 12.1 Å². The average Bonchev–Trinajstić information content (AvgIpc) is 3.50. The van der Waals surface area contributed by atoms with Crippen molar-refractivity contribution in [3.8, 4) is 0 Å². The number of hydrogen-bond donors (Lipinski definition) is 0. The van der Waals surface area contributed by atoms with Gasteiger partial charge in [0.05, 0.1) is 17.4 Å². The number of imidazole rings is 1. The Morgan fingerprint density at radius 2 is 1.81 bits per heavy atom. The van der Waals surface area contributed by atoms with E-state index in [-0.39, 0.29) is 11.8 Å². The number of amides is 1. The van der Waals surface area contributed by atoms with E-state index in [4.69, 9.17) is 4.98 Å². The lowest BCUT2D eigenvalue weighted by molar-refractivity contribution is -0.136. The van der Waals surface area contributed by atoms with E-state index < -0.39 is 5.41 Å². The van der Waals surface area contributed by atoms with E-state index in [1.807, 2.05) is 41.8 Å². The molecule has 2 atom stereocenters. The summed E-state index contributed by atoms with van der Waals surface area (Å²) in [7, 11) is 0. The van der Waals surface area contributed by atoms with Gasteiger partial charge in [0, 0.05) is 75.7 Å². The van der Waals surface area contributed by atoms with Gasteiger partial charge in [-0.15, -0.1) is 0 Å². The molecule has 0 bridgehead atoms. The molecule has 0 N–H and O–H groups in total. The predicted molar refractivity (Wildman–Crippen MR) is 122 cm³/mol. The van der Waals surface area contributed by atoms with Crippen molar-refractivity contribution in [1.82, 2.24) is 29.3 Å². The van der Waals surface area contributed by atoms with E-state index >= 15 is 0 Å². The molecule has 3 aromatic heterocycles. The zero-order valence-corrected chi connectivity index (χ0v) is 18.8. The second-order valence-corrected chi connectivity index (χ2v) is 9.42. The molecule has 1 amide bonds. The van der Waals surface area contributed by atoms with Crippen LogP contribution < -0.4 is 0 Å². The molecular formula is C25H30N6O. The van der Waals surface area contributed by atoms with Crippen LogP contribution >= 0.6 is 0 Å². The van der Waals surface area contributed by atoms with Crippen molar-refractivity contribution in [1.29, 1.82) is 0 Å². The molecule has 2 saturated heterocycles. The third kappa shape index (κ3) is 3.81. The van der Waals surface area contributed by atoms with E-state index in [1.165, 1.54) is 5.56 Å². The van der Waals surface area contributed by atoms with Crippen molar-refractivity contribution in [2.45, 2.75) is 45.3 Å². The van der Waals surface area contributed by atoms with Gasteiger partial charge >= 0.3 is 0 Å². The number of hydrogen-bond acceptors (Lipinski definition) is 5. The number of rotatable bonds is 6. The van der Waals surface area contributed by atoms with Crippen LogP contribution in [-0.4, -0.2) is 54.9 Å². The third-order valence-electron chi connectivity index (χ3n) is 6.95. The Labute approximate surface area is 189 Å². The highest BCUT2D eigenvalue weighted by Gasteiger charge is 2.57. The molecule has 0 aromatic carbocycles. The van der Waals surface area contributed by atoms with Crippen LogP contribution in [0.15, 0.2) is 61.6 Å². The average molecular weight is 431 g/mol. The number of pyridine rings is 2. The van der Waals surface area contributed by atoms with Crippen molar-refractivity contribution >= 4 is 5.91 Å². The van der Waals surface area contributed by atoms with Crippen molar-refractivity contribution < 1.29 is 4.79 Å². The molecule has 1 spiro atoms. The van der Waals surface area contributed by atoms with Crippen LogP contribution in [0.3, 0.4) is 0 Å². The molecule has 5 rings (SSSR count). The summed E-state index contributed by atoms with van der Waals surface area (Å²) >= 11 is 0. The zero-order valence-electron chi connectivity index (χ0n) is 18.8. The van der Waals surface area contributed by atoms with Gasteiger partial charge in [0.15, 0.2) is 0 Å². The Morgan fingerprint density at radius 1 is 1.09 bits per heavy atom. The van der Waals surface area contributed by atoms with Crippen molar-refractivity contribution in [3.63, 3.8) is 0 Å². The van der Waals surface area contributed by atoms with E-state index in [9.17, 15) is 4.79 Å². The van der Waals surface area contributed by atoms with Crippen LogP contribution in [0.5, 0.6) is 0 Å². The highest BCUT2D eigenvalue weighted by molar-refractivity contribution is 5.86. The first kappa shape index (κ1) is 20.8. The number of carbonyl (C=O) groups excluding carboxylic acids is 1. The van der Waals surface area contributed by atoms with Gasteiger partial charge in [-0.25, -0.2) is 4.98 Å². The SMILES string of the molecule is CC(C)n1cnc([C@H]2CN(Cc3cccnc3)C[C@]23CCN(Cc2cccnc2)C3=O)c1. The molecule has 2 aliphatic heterocycles. The summed E-state index contributed by atoms with van der Waals surface area (Å²) in [4.78, 5) is 31.6. The standard InChI is InChI=1S/C25H30N6O/c1-19(2)31-16-23(28-18-31)22-15-29(13-20-5-3-8-26-11-20)17-25(22)7-10-30(24(25)32)14-21-6-4-9-27-12-21/h3-6,8-9,11-12,16,18-19,22H,7,10,13-15,17H2,1-2H3/t22-,25-/m1/s1. The first-order chi connectivity index (χ1) is 15.5. The van der Waals surface area contributed by atoms with Gasteiger partial charge in [-0.3, -0.25) is 19.7 Å². The Bertz CT molecular complexity index is 1070. The quantitative estimate of drug-likeness (QED) is 0.600. The van der Waals surface area contributed by atoms with Gasteiger partial charge < -0.3 is 9.47 Å². The summed E-state index contributed by atoms with van der Waals surface area (Å²) in [5.74, 6) is 0.338. The number of carbonyl (C=O) groups is 1. The Kier molecular flexibility index (Phi) is 5.51. The topological polar surface area (TPSA) is 67.2 Å². The molecule has 2 fully saturated rings. The molecule has 32 heavy (non-hydrogen) atoms. The molecule has 7 heteroatoms. The van der Waals surface area contributed by atoms with Crippen molar-refractivity contribution in [2.24, 2.45) is 5.41 Å². The van der Waals surface area contributed by atoms with E-state index in [0.29, 0.717) is 12.6 Å². The Hall–Kier alpha value is -3.06. The van der Waals surface area contributed by atoms with Gasteiger partial charge in [0.2, 0.25) is 5.91 Å². The van der Waals surface area contributed by atoms with Gasteiger partial charge in [0.1, 0.15) is 0 Å². The maximum atomic E-state index is 13.9. The smallest absolute Gasteiger partial charge is 0.231 e. The van der Waals surface area contributed by atoms with Crippen LogP contribution in [0.4, 0.5) is 0 Å². The van der Waals surface area contributed by atoms with E-state index in [1.54, 1.807) is 12.4 Å². The second-order valence-electron chi connectivity index (χ2n) is 9.42. The molecule has 2 aliphatic rings. The normalized spacial score (nSPS) is 23.7. The largest absolute Gasteiger partial charge is 0.338 e. The number of nitrogens with zero attached hydrogens (tertiary/aromatic N) is 6. The number of likely N-dealkylation sites (tertiary alicyclic amines) is 2. The summed E-state index contributed by atoms with van der Waals surface area (Å²) in [6, 6.07) is 8.39. The lowest BCUT2D eigenvalue weighted by atomic mass is 9.75. The summed E-state index contributed by atoms with van der Waals surface area (Å²) in [6.07, 6.45) is 12.2. The molecule has 5 heterocycles. The van der Waals surface area contributed by atoms with Crippen LogP contribution in [0.2, 0.25) is 0 Å². The summed E-state index contributed by atoms with van der Waals surface area (Å²) < 4.78 is 2.14.